The van der Waals surface area contributed by atoms with E-state index in [1.54, 1.807) is 13.2 Å². The zero-order valence-corrected chi connectivity index (χ0v) is 11.8. The van der Waals surface area contributed by atoms with Crippen LogP contribution >= 0.6 is 0 Å². The molecule has 2 aromatic heterocycles. The van der Waals surface area contributed by atoms with Crippen molar-refractivity contribution < 1.29 is 4.79 Å². The molecule has 0 aliphatic heterocycles. The maximum atomic E-state index is 11.7. The van der Waals surface area contributed by atoms with Crippen molar-refractivity contribution in [2.45, 2.75) is 13.8 Å². The molecule has 2 rings (SSSR count). The Hall–Kier alpha value is -2.38. The number of hydrogen-bond donors (Lipinski definition) is 4. The van der Waals surface area contributed by atoms with Gasteiger partial charge < -0.3 is 16.0 Å². The molecule has 108 valence electrons. The van der Waals surface area contributed by atoms with Gasteiger partial charge in [0.2, 0.25) is 11.9 Å². The minimum absolute atomic E-state index is 0.0695. The third-order valence-electron chi connectivity index (χ3n) is 2.66. The van der Waals surface area contributed by atoms with Gasteiger partial charge in [-0.2, -0.15) is 15.1 Å². The number of rotatable bonds is 6. The van der Waals surface area contributed by atoms with E-state index < -0.39 is 0 Å². The van der Waals surface area contributed by atoms with E-state index in [0.29, 0.717) is 29.9 Å². The van der Waals surface area contributed by atoms with Gasteiger partial charge in [-0.3, -0.25) is 9.89 Å². The molecule has 4 N–H and O–H groups in total. The fourth-order valence-electron chi connectivity index (χ4n) is 1.63. The van der Waals surface area contributed by atoms with Crippen LogP contribution in [0.15, 0.2) is 6.20 Å². The van der Waals surface area contributed by atoms with Crippen molar-refractivity contribution in [1.82, 2.24) is 25.5 Å². The van der Waals surface area contributed by atoms with Gasteiger partial charge >= 0.3 is 0 Å². The molecule has 0 aliphatic carbocycles. The van der Waals surface area contributed by atoms with Crippen LogP contribution in [0, 0.1) is 5.92 Å². The van der Waals surface area contributed by atoms with E-state index in [4.69, 9.17) is 0 Å². The van der Waals surface area contributed by atoms with Crippen LogP contribution in [0.1, 0.15) is 13.8 Å². The minimum Gasteiger partial charge on any atom is -0.360 e. The molecule has 20 heavy (non-hydrogen) atoms. The van der Waals surface area contributed by atoms with Gasteiger partial charge in [-0.1, -0.05) is 13.8 Å². The van der Waals surface area contributed by atoms with Crippen molar-refractivity contribution >= 4 is 28.7 Å². The predicted octanol–water partition coefficient (Wildman–Crippen LogP) is 0.579. The Morgan fingerprint density at radius 1 is 1.40 bits per heavy atom. The number of anilines is 2. The maximum Gasteiger partial charge on any atom is 0.239 e. The van der Waals surface area contributed by atoms with Crippen molar-refractivity contribution in [3.63, 3.8) is 0 Å². The number of carbonyl (C=O) groups is 1. The number of nitrogens with one attached hydrogen (secondary N) is 4. The second-order valence-corrected chi connectivity index (χ2v) is 4.83. The van der Waals surface area contributed by atoms with Gasteiger partial charge in [-0.25, -0.2) is 0 Å². The lowest BCUT2D eigenvalue weighted by molar-refractivity contribution is -0.119. The molecular formula is C12H19N7O. The van der Waals surface area contributed by atoms with Crippen molar-refractivity contribution in [3.05, 3.63) is 6.20 Å². The Bertz CT molecular complexity index is 593. The first-order valence-corrected chi connectivity index (χ1v) is 6.49. The van der Waals surface area contributed by atoms with Crippen molar-refractivity contribution in [2.24, 2.45) is 5.92 Å². The van der Waals surface area contributed by atoms with E-state index >= 15 is 0 Å². The molecule has 0 unspecified atom stereocenters. The monoisotopic (exact) mass is 277 g/mol. The molecule has 0 fully saturated rings. The average Bonchev–Trinajstić information content (AvgIpc) is 2.90. The first kappa shape index (κ1) is 14.0. The molecule has 0 aliphatic rings. The molecule has 2 heterocycles. The van der Waals surface area contributed by atoms with Crippen LogP contribution in [0.4, 0.5) is 11.8 Å². The van der Waals surface area contributed by atoms with Gasteiger partial charge in [0.25, 0.3) is 0 Å². The summed E-state index contributed by atoms with van der Waals surface area (Å²) in [6.07, 6.45) is 1.63. The Kier molecular flexibility index (Phi) is 4.34. The molecular weight excluding hydrogens is 258 g/mol. The number of amides is 1. The molecule has 8 heteroatoms. The highest BCUT2D eigenvalue weighted by molar-refractivity contribution is 5.89. The van der Waals surface area contributed by atoms with Gasteiger partial charge in [-0.15, -0.1) is 0 Å². The van der Waals surface area contributed by atoms with Crippen LogP contribution in [0.3, 0.4) is 0 Å². The standard InChI is InChI=1S/C12H19N7O/c1-7(2)4-14-9(20)6-15-10-8-5-16-19-11(8)18-12(13-3)17-10/h5,7H,4,6H2,1-3H3,(H,14,20)(H3,13,15,16,17,18,19). The molecule has 0 radical (unpaired) electrons. The van der Waals surface area contributed by atoms with E-state index in [9.17, 15) is 4.79 Å². The molecule has 0 aromatic carbocycles. The first-order chi connectivity index (χ1) is 9.60. The topological polar surface area (TPSA) is 108 Å². The Balaban J connectivity index is 2.05. The first-order valence-electron chi connectivity index (χ1n) is 6.49. The van der Waals surface area contributed by atoms with Crippen molar-refractivity contribution in [2.75, 3.05) is 30.8 Å². The zero-order chi connectivity index (χ0) is 14.5. The summed E-state index contributed by atoms with van der Waals surface area (Å²) in [7, 11) is 1.73. The fourth-order valence-corrected chi connectivity index (χ4v) is 1.63. The van der Waals surface area contributed by atoms with Gasteiger partial charge in [0, 0.05) is 13.6 Å². The van der Waals surface area contributed by atoms with Crippen LogP contribution < -0.4 is 16.0 Å². The van der Waals surface area contributed by atoms with Gasteiger partial charge in [0.15, 0.2) is 5.65 Å². The lowest BCUT2D eigenvalue weighted by Crippen LogP contribution is -2.32. The largest absolute Gasteiger partial charge is 0.360 e. The molecule has 8 nitrogen and oxygen atoms in total. The molecule has 0 spiro atoms. The number of H-pyrrole nitrogens is 1. The second-order valence-electron chi connectivity index (χ2n) is 4.83. The third-order valence-corrected chi connectivity index (χ3v) is 2.66. The van der Waals surface area contributed by atoms with E-state index in [2.05, 4.69) is 36.1 Å². The molecule has 1 amide bonds. The van der Waals surface area contributed by atoms with Crippen molar-refractivity contribution in [1.29, 1.82) is 0 Å². The fraction of sp³-hybridized carbons (Fsp3) is 0.500. The summed E-state index contributed by atoms with van der Waals surface area (Å²) < 4.78 is 0. The summed E-state index contributed by atoms with van der Waals surface area (Å²) in [5.41, 5.74) is 0.620. The summed E-state index contributed by atoms with van der Waals surface area (Å²) in [6.45, 7) is 4.92. The number of aromatic nitrogens is 4. The Morgan fingerprint density at radius 3 is 2.90 bits per heavy atom. The van der Waals surface area contributed by atoms with Gasteiger partial charge in [0.1, 0.15) is 5.82 Å². The van der Waals surface area contributed by atoms with Crippen LogP contribution in [-0.2, 0) is 4.79 Å². The summed E-state index contributed by atoms with van der Waals surface area (Å²) in [4.78, 5) is 20.2. The SMILES string of the molecule is CNc1nc(NCC(=O)NCC(C)C)c2cn[nH]c2n1. The second kappa shape index (κ2) is 6.18. The van der Waals surface area contributed by atoms with Crippen LogP contribution in [0.2, 0.25) is 0 Å². The third kappa shape index (κ3) is 3.34. The molecule has 2 aromatic rings. The highest BCUT2D eigenvalue weighted by atomic mass is 16.1. The van der Waals surface area contributed by atoms with E-state index in [-0.39, 0.29) is 12.5 Å². The van der Waals surface area contributed by atoms with E-state index in [1.807, 2.05) is 13.8 Å². The lowest BCUT2D eigenvalue weighted by atomic mass is 10.2. The molecule has 0 atom stereocenters. The number of carbonyl (C=O) groups excluding carboxylic acids is 1. The molecule has 0 saturated carbocycles. The normalized spacial score (nSPS) is 10.8. The smallest absolute Gasteiger partial charge is 0.239 e. The lowest BCUT2D eigenvalue weighted by Gasteiger charge is -2.10. The maximum absolute atomic E-state index is 11.7. The number of hydrogen-bond acceptors (Lipinski definition) is 6. The summed E-state index contributed by atoms with van der Waals surface area (Å²) >= 11 is 0. The quantitative estimate of drug-likeness (QED) is 0.615. The molecule has 0 saturated heterocycles. The summed E-state index contributed by atoms with van der Waals surface area (Å²) in [5.74, 6) is 1.40. The Labute approximate surface area is 116 Å². The summed E-state index contributed by atoms with van der Waals surface area (Å²) in [6, 6.07) is 0. The van der Waals surface area contributed by atoms with Gasteiger partial charge in [0.05, 0.1) is 18.1 Å². The highest BCUT2D eigenvalue weighted by Gasteiger charge is 2.10. The molecule has 0 bridgehead atoms. The summed E-state index contributed by atoms with van der Waals surface area (Å²) in [5, 5.41) is 16.2. The van der Waals surface area contributed by atoms with Gasteiger partial charge in [-0.05, 0) is 5.92 Å². The van der Waals surface area contributed by atoms with Crippen LogP contribution in [0.5, 0.6) is 0 Å². The van der Waals surface area contributed by atoms with Crippen LogP contribution in [-0.4, -0.2) is 46.2 Å². The van der Waals surface area contributed by atoms with Crippen LogP contribution in [0.25, 0.3) is 11.0 Å². The minimum atomic E-state index is -0.0695. The highest BCUT2D eigenvalue weighted by Crippen LogP contribution is 2.19. The predicted molar refractivity (Wildman–Crippen MR) is 77.6 cm³/mol. The number of nitrogens with zero attached hydrogens (tertiary/aromatic N) is 3. The zero-order valence-electron chi connectivity index (χ0n) is 11.8. The van der Waals surface area contributed by atoms with Crippen molar-refractivity contribution in [3.8, 4) is 0 Å². The average molecular weight is 277 g/mol. The van der Waals surface area contributed by atoms with E-state index in [1.165, 1.54) is 0 Å². The number of aromatic amines is 1. The Morgan fingerprint density at radius 2 is 2.20 bits per heavy atom. The number of fused-ring (bicyclic) bond motifs is 1. The van der Waals surface area contributed by atoms with E-state index in [0.717, 1.165) is 5.39 Å².